The standard InChI is InChI=1S/C30H35N7O2/c1-6-29(38)32-24-18-25(28(39-22-8-9-22)19-27(24)37(5)16-15-35(2)3)34-30-31-13-11-23(33-30)20-7-10-26-21(17-20)12-14-36(26)4/h6-7,10-14,17-19,22H,1,8-9,15-16H2,2-5H3,(H,32,38)(H,31,33,34). The van der Waals surface area contributed by atoms with E-state index >= 15 is 0 Å². The van der Waals surface area contributed by atoms with Crippen molar-refractivity contribution in [2.45, 2.75) is 18.9 Å². The third-order valence-electron chi connectivity index (χ3n) is 6.74. The van der Waals surface area contributed by atoms with Gasteiger partial charge in [0, 0.05) is 62.1 Å². The Morgan fingerprint density at radius 3 is 2.69 bits per heavy atom. The summed E-state index contributed by atoms with van der Waals surface area (Å²) in [6, 6.07) is 14.1. The van der Waals surface area contributed by atoms with Gasteiger partial charge in [0.1, 0.15) is 5.75 Å². The molecule has 2 aromatic carbocycles. The molecule has 5 rings (SSSR count). The number of aromatic nitrogens is 3. The second-order valence-electron chi connectivity index (χ2n) is 10.2. The van der Waals surface area contributed by atoms with E-state index in [0.717, 1.165) is 53.8 Å². The molecule has 0 saturated heterocycles. The maximum absolute atomic E-state index is 12.3. The minimum Gasteiger partial charge on any atom is -0.488 e. The van der Waals surface area contributed by atoms with Crippen molar-refractivity contribution in [3.8, 4) is 17.0 Å². The summed E-state index contributed by atoms with van der Waals surface area (Å²) in [6.45, 7) is 5.25. The molecule has 1 saturated carbocycles. The number of nitrogens with one attached hydrogen (secondary N) is 2. The van der Waals surface area contributed by atoms with Gasteiger partial charge in [0.25, 0.3) is 0 Å². The smallest absolute Gasteiger partial charge is 0.247 e. The van der Waals surface area contributed by atoms with Crippen LogP contribution in [0.3, 0.4) is 0 Å². The molecule has 4 aromatic rings. The highest BCUT2D eigenvalue weighted by atomic mass is 16.5. The molecule has 1 fully saturated rings. The van der Waals surface area contributed by atoms with Gasteiger partial charge in [-0.3, -0.25) is 4.79 Å². The number of carbonyl (C=O) groups excluding carboxylic acids is 1. The lowest BCUT2D eigenvalue weighted by Gasteiger charge is -2.26. The fraction of sp³-hybridized carbons (Fsp3) is 0.300. The van der Waals surface area contributed by atoms with E-state index in [1.807, 2.05) is 52.6 Å². The highest BCUT2D eigenvalue weighted by Gasteiger charge is 2.26. The molecule has 0 aliphatic heterocycles. The van der Waals surface area contributed by atoms with Crippen LogP contribution in [-0.2, 0) is 11.8 Å². The number of amides is 1. The number of aryl methyl sites for hydroxylation is 1. The van der Waals surface area contributed by atoms with Crippen LogP contribution in [0, 0.1) is 0 Å². The summed E-state index contributed by atoms with van der Waals surface area (Å²) in [5.41, 5.74) is 5.17. The summed E-state index contributed by atoms with van der Waals surface area (Å²) >= 11 is 0. The van der Waals surface area contributed by atoms with Gasteiger partial charge >= 0.3 is 0 Å². The van der Waals surface area contributed by atoms with Crippen LogP contribution in [0.1, 0.15) is 12.8 Å². The fourth-order valence-corrected chi connectivity index (χ4v) is 4.34. The van der Waals surface area contributed by atoms with Crippen molar-refractivity contribution in [1.29, 1.82) is 0 Å². The minimum absolute atomic E-state index is 0.184. The van der Waals surface area contributed by atoms with Crippen LogP contribution in [0.15, 0.2) is 67.5 Å². The first-order valence-corrected chi connectivity index (χ1v) is 13.1. The Kier molecular flexibility index (Phi) is 7.51. The van der Waals surface area contributed by atoms with E-state index < -0.39 is 0 Å². The van der Waals surface area contributed by atoms with E-state index in [1.54, 1.807) is 6.20 Å². The maximum atomic E-state index is 12.3. The fourth-order valence-electron chi connectivity index (χ4n) is 4.34. The molecule has 0 bridgehead atoms. The number of carbonyl (C=O) groups is 1. The average molecular weight is 526 g/mol. The predicted molar refractivity (Wildman–Crippen MR) is 158 cm³/mol. The summed E-state index contributed by atoms with van der Waals surface area (Å²) in [5, 5.41) is 7.46. The molecule has 2 aromatic heterocycles. The first-order valence-electron chi connectivity index (χ1n) is 13.1. The zero-order chi connectivity index (χ0) is 27.5. The van der Waals surface area contributed by atoms with Gasteiger partial charge in [-0.1, -0.05) is 12.6 Å². The van der Waals surface area contributed by atoms with Crippen molar-refractivity contribution in [3.05, 3.63) is 67.5 Å². The van der Waals surface area contributed by atoms with Crippen LogP contribution in [0.2, 0.25) is 0 Å². The zero-order valence-electron chi connectivity index (χ0n) is 22.9. The van der Waals surface area contributed by atoms with E-state index in [1.165, 1.54) is 6.08 Å². The quantitative estimate of drug-likeness (QED) is 0.265. The van der Waals surface area contributed by atoms with Crippen molar-refractivity contribution in [2.75, 3.05) is 49.8 Å². The largest absolute Gasteiger partial charge is 0.488 e. The zero-order valence-corrected chi connectivity index (χ0v) is 22.9. The van der Waals surface area contributed by atoms with Gasteiger partial charge in [-0.2, -0.15) is 0 Å². The third kappa shape index (κ3) is 6.21. The Morgan fingerprint density at radius 2 is 1.95 bits per heavy atom. The number of rotatable bonds is 11. The Bertz CT molecular complexity index is 1510. The molecule has 2 N–H and O–H groups in total. The summed E-state index contributed by atoms with van der Waals surface area (Å²) in [5.74, 6) is 0.852. The molecule has 0 radical (unpaired) electrons. The molecule has 1 aliphatic carbocycles. The minimum atomic E-state index is -0.284. The van der Waals surface area contributed by atoms with Gasteiger partial charge in [0.15, 0.2) is 0 Å². The first kappa shape index (κ1) is 26.2. The lowest BCUT2D eigenvalue weighted by atomic mass is 10.1. The van der Waals surface area contributed by atoms with Gasteiger partial charge in [-0.25, -0.2) is 9.97 Å². The molecule has 2 heterocycles. The molecule has 202 valence electrons. The summed E-state index contributed by atoms with van der Waals surface area (Å²) < 4.78 is 8.40. The summed E-state index contributed by atoms with van der Waals surface area (Å²) in [7, 11) is 8.11. The highest BCUT2D eigenvalue weighted by molar-refractivity contribution is 6.02. The number of hydrogen-bond acceptors (Lipinski definition) is 7. The third-order valence-corrected chi connectivity index (χ3v) is 6.74. The van der Waals surface area contributed by atoms with Gasteiger partial charge in [-0.15, -0.1) is 0 Å². The Morgan fingerprint density at radius 1 is 1.13 bits per heavy atom. The lowest BCUT2D eigenvalue weighted by molar-refractivity contribution is -0.111. The van der Waals surface area contributed by atoms with Crippen LogP contribution >= 0.6 is 0 Å². The number of likely N-dealkylation sites (N-methyl/N-ethyl adjacent to an activating group) is 2. The normalized spacial score (nSPS) is 12.9. The van der Waals surface area contributed by atoms with Crippen molar-refractivity contribution in [2.24, 2.45) is 7.05 Å². The van der Waals surface area contributed by atoms with Gasteiger partial charge in [0.05, 0.1) is 28.9 Å². The van der Waals surface area contributed by atoms with E-state index in [4.69, 9.17) is 9.72 Å². The molecule has 0 spiro atoms. The van der Waals surface area contributed by atoms with Gasteiger partial charge in [0.2, 0.25) is 11.9 Å². The van der Waals surface area contributed by atoms with Crippen molar-refractivity contribution >= 4 is 39.8 Å². The van der Waals surface area contributed by atoms with E-state index in [2.05, 4.69) is 60.8 Å². The molecule has 0 atom stereocenters. The van der Waals surface area contributed by atoms with Crippen LogP contribution in [0.4, 0.5) is 23.0 Å². The number of hydrogen-bond donors (Lipinski definition) is 2. The SMILES string of the molecule is C=CC(=O)Nc1cc(Nc2nccc(-c3ccc4c(ccn4C)c3)n2)c(OC2CC2)cc1N(C)CCN(C)C. The molecule has 9 heteroatoms. The number of anilines is 4. The van der Waals surface area contributed by atoms with Gasteiger partial charge < -0.3 is 29.7 Å². The van der Waals surface area contributed by atoms with Crippen molar-refractivity contribution in [3.63, 3.8) is 0 Å². The van der Waals surface area contributed by atoms with E-state index in [9.17, 15) is 4.79 Å². The monoisotopic (exact) mass is 525 g/mol. The van der Waals surface area contributed by atoms with E-state index in [0.29, 0.717) is 23.1 Å². The summed E-state index contributed by atoms with van der Waals surface area (Å²) in [4.78, 5) is 25.8. The second kappa shape index (κ2) is 11.2. The maximum Gasteiger partial charge on any atom is 0.247 e. The number of nitrogens with zero attached hydrogens (tertiary/aromatic N) is 5. The summed E-state index contributed by atoms with van der Waals surface area (Å²) in [6.07, 6.45) is 7.28. The van der Waals surface area contributed by atoms with Crippen LogP contribution in [-0.4, -0.2) is 65.7 Å². The number of fused-ring (bicyclic) bond motifs is 1. The van der Waals surface area contributed by atoms with Crippen LogP contribution in [0.5, 0.6) is 5.75 Å². The molecule has 1 amide bonds. The molecular weight excluding hydrogens is 490 g/mol. The number of ether oxygens (including phenoxy) is 1. The van der Waals surface area contributed by atoms with Crippen LogP contribution < -0.4 is 20.3 Å². The van der Waals surface area contributed by atoms with E-state index in [-0.39, 0.29) is 12.0 Å². The van der Waals surface area contributed by atoms with Gasteiger partial charge in [-0.05, 0) is 63.3 Å². The predicted octanol–water partition coefficient (Wildman–Crippen LogP) is 5.04. The van der Waals surface area contributed by atoms with Crippen LogP contribution in [0.25, 0.3) is 22.2 Å². The topological polar surface area (TPSA) is 87.5 Å². The average Bonchev–Trinajstić information content (AvgIpc) is 3.68. The van der Waals surface area contributed by atoms with Crippen molar-refractivity contribution < 1.29 is 9.53 Å². The Labute approximate surface area is 229 Å². The molecule has 0 unspecified atom stereocenters. The number of benzene rings is 2. The lowest BCUT2D eigenvalue weighted by Crippen LogP contribution is -2.29. The van der Waals surface area contributed by atoms with Crippen molar-refractivity contribution in [1.82, 2.24) is 19.4 Å². The first-order chi connectivity index (χ1) is 18.8. The highest BCUT2D eigenvalue weighted by Crippen LogP contribution is 2.41. The molecule has 39 heavy (non-hydrogen) atoms. The Hall–Kier alpha value is -4.37. The molecule has 9 nitrogen and oxygen atoms in total. The Balaban J connectivity index is 1.49. The molecule has 1 aliphatic rings. The second-order valence-corrected chi connectivity index (χ2v) is 10.2. The molecular formula is C30H35N7O2.